The zero-order valence-electron chi connectivity index (χ0n) is 12.5. The summed E-state index contributed by atoms with van der Waals surface area (Å²) < 4.78 is 3.48. The molecule has 0 bridgehead atoms. The molecule has 0 aromatic rings. The van der Waals surface area contributed by atoms with E-state index in [1.54, 1.807) is 0 Å². The van der Waals surface area contributed by atoms with Gasteiger partial charge in [-0.05, 0) is 7.05 Å². The van der Waals surface area contributed by atoms with E-state index in [2.05, 4.69) is 43.0 Å². The molecule has 1 N–H and O–H groups in total. The number of halogens is 2. The summed E-state index contributed by atoms with van der Waals surface area (Å²) in [5.74, 6) is 0.497. The van der Waals surface area contributed by atoms with E-state index in [1.165, 1.54) is 0 Å². The average molecular weight is 522 g/mol. The molecule has 0 aromatic heterocycles. The van der Waals surface area contributed by atoms with E-state index in [4.69, 9.17) is 0 Å². The summed E-state index contributed by atoms with van der Waals surface area (Å²) in [7, 11) is 2.06. The number of ketones is 1. The Hall–Kier alpha value is 0.480. The fourth-order valence-corrected chi connectivity index (χ4v) is 2.90. The third kappa shape index (κ3) is 8.05. The van der Waals surface area contributed by atoms with Crippen molar-refractivity contribution in [2.24, 2.45) is 0 Å². The highest BCUT2D eigenvalue weighted by molar-refractivity contribution is 14.1. The molecule has 1 aliphatic heterocycles. The normalized spacial score (nSPS) is 16.5. The van der Waals surface area contributed by atoms with Gasteiger partial charge in [0.05, 0.1) is 11.0 Å². The number of rotatable bonds is 9. The lowest BCUT2D eigenvalue weighted by molar-refractivity contribution is -0.131. The smallest absolute Gasteiger partial charge is 0.237 e. The highest BCUT2D eigenvalue weighted by atomic mass is 127. The highest BCUT2D eigenvalue weighted by Gasteiger charge is 2.20. The van der Waals surface area contributed by atoms with Crippen LogP contribution in [0.1, 0.15) is 6.42 Å². The predicted molar refractivity (Wildman–Crippen MR) is 101 cm³/mol. The summed E-state index contributed by atoms with van der Waals surface area (Å²) in [6, 6.07) is 0. The molecule has 1 amide bonds. The summed E-state index contributed by atoms with van der Waals surface area (Å²) in [6.07, 6.45) is 0.644. The molecule has 0 radical (unpaired) electrons. The van der Waals surface area contributed by atoms with Gasteiger partial charge < -0.3 is 9.80 Å². The van der Waals surface area contributed by atoms with Gasteiger partial charge in [-0.2, -0.15) is 0 Å². The maximum absolute atomic E-state index is 11.7. The van der Waals surface area contributed by atoms with Crippen LogP contribution in [0.15, 0.2) is 0 Å². The summed E-state index contributed by atoms with van der Waals surface area (Å²) in [5.41, 5.74) is 0. The molecular weight excluding hydrogens is 498 g/mol. The maximum Gasteiger partial charge on any atom is 0.237 e. The van der Waals surface area contributed by atoms with Crippen LogP contribution in [-0.4, -0.2) is 90.2 Å². The molecule has 0 aliphatic carbocycles. The van der Waals surface area contributed by atoms with E-state index in [0.717, 1.165) is 45.8 Å². The molecule has 8 heteroatoms. The van der Waals surface area contributed by atoms with Crippen molar-refractivity contribution in [1.29, 1.82) is 0 Å². The van der Waals surface area contributed by atoms with Gasteiger partial charge in [0.2, 0.25) is 5.91 Å². The minimum atomic E-state index is 0.179. The molecule has 21 heavy (non-hydrogen) atoms. The summed E-state index contributed by atoms with van der Waals surface area (Å²) >= 11 is 4.12. The number of hydrogen-bond donors (Lipinski definition) is 1. The molecule has 1 saturated heterocycles. The zero-order chi connectivity index (χ0) is 15.7. The lowest BCUT2D eigenvalue weighted by Crippen LogP contribution is -2.51. The van der Waals surface area contributed by atoms with Crippen LogP contribution in [0.4, 0.5) is 0 Å². The highest BCUT2D eigenvalue weighted by Crippen LogP contribution is 2.02. The van der Waals surface area contributed by atoms with E-state index in [-0.39, 0.29) is 5.91 Å². The van der Waals surface area contributed by atoms with E-state index in [1.807, 2.05) is 27.8 Å². The Morgan fingerprint density at radius 3 is 2.43 bits per heavy atom. The lowest BCUT2D eigenvalue weighted by atomic mass is 10.3. The van der Waals surface area contributed by atoms with Gasteiger partial charge in [0.1, 0.15) is 5.78 Å². The van der Waals surface area contributed by atoms with Crippen molar-refractivity contribution in [3.63, 3.8) is 0 Å². The standard InChI is InChI=1S/C13H24I2N4O2/c1-17(3-2-12(20)10-14)4-5-18-6-8-19(9-7-18)13(21)11-16-15/h16H,2-11H2,1H3. The van der Waals surface area contributed by atoms with Crippen LogP contribution in [0.5, 0.6) is 0 Å². The minimum absolute atomic E-state index is 0.179. The van der Waals surface area contributed by atoms with Crippen molar-refractivity contribution in [3.05, 3.63) is 0 Å². The Balaban J connectivity index is 2.15. The van der Waals surface area contributed by atoms with Gasteiger partial charge in [-0.1, -0.05) is 22.6 Å². The first kappa shape index (κ1) is 19.5. The first-order valence-electron chi connectivity index (χ1n) is 7.16. The Labute approximate surface area is 154 Å². The lowest BCUT2D eigenvalue weighted by Gasteiger charge is -2.35. The second kappa shape index (κ2) is 11.1. The van der Waals surface area contributed by atoms with Crippen LogP contribution in [-0.2, 0) is 9.59 Å². The Morgan fingerprint density at radius 1 is 1.19 bits per heavy atom. The van der Waals surface area contributed by atoms with Gasteiger partial charge >= 0.3 is 0 Å². The van der Waals surface area contributed by atoms with E-state index in [9.17, 15) is 9.59 Å². The minimum Gasteiger partial charge on any atom is -0.339 e. The maximum atomic E-state index is 11.7. The molecule has 1 fully saturated rings. The molecule has 0 aromatic carbocycles. The number of carbonyl (C=O) groups is 2. The number of likely N-dealkylation sites (N-methyl/N-ethyl adjacent to an activating group) is 1. The molecule has 6 nitrogen and oxygen atoms in total. The summed E-state index contributed by atoms with van der Waals surface area (Å²) in [5, 5.41) is 0. The number of nitrogens with one attached hydrogen (secondary N) is 1. The van der Waals surface area contributed by atoms with Crippen molar-refractivity contribution in [2.45, 2.75) is 6.42 Å². The van der Waals surface area contributed by atoms with Gasteiger partial charge in [-0.25, -0.2) is 0 Å². The van der Waals surface area contributed by atoms with Gasteiger partial charge in [0.15, 0.2) is 0 Å². The second-order valence-corrected chi connectivity index (χ2v) is 6.78. The average Bonchev–Trinajstić information content (AvgIpc) is 2.51. The molecule has 0 unspecified atom stereocenters. The number of nitrogens with zero attached hydrogens (tertiary/aromatic N) is 3. The van der Waals surface area contributed by atoms with Gasteiger partial charge in [-0.15, -0.1) is 0 Å². The summed E-state index contributed by atoms with van der Waals surface area (Å²) in [6.45, 7) is 6.72. The second-order valence-electron chi connectivity index (χ2n) is 5.26. The number of alkyl halides is 1. The van der Waals surface area contributed by atoms with Gasteiger partial charge in [-0.3, -0.25) is 18.0 Å². The Kier molecular flexibility index (Phi) is 10.3. The van der Waals surface area contributed by atoms with Crippen molar-refractivity contribution in [1.82, 2.24) is 18.2 Å². The van der Waals surface area contributed by atoms with E-state index in [0.29, 0.717) is 23.2 Å². The van der Waals surface area contributed by atoms with Crippen molar-refractivity contribution < 1.29 is 9.59 Å². The number of amides is 1. The van der Waals surface area contributed by atoms with Crippen LogP contribution < -0.4 is 3.53 Å². The van der Waals surface area contributed by atoms with Crippen LogP contribution in [0.3, 0.4) is 0 Å². The first-order chi connectivity index (χ1) is 10.1. The predicted octanol–water partition coefficient (Wildman–Crippen LogP) is 0.396. The van der Waals surface area contributed by atoms with E-state index >= 15 is 0 Å². The molecule has 0 saturated carbocycles. The SMILES string of the molecule is CN(CCC(=O)CI)CCN1CCN(C(=O)CNI)CC1. The number of Topliss-reactive ketones (excluding diaryl/α,β-unsaturated/α-hetero) is 1. The first-order valence-corrected chi connectivity index (χ1v) is 9.77. The fraction of sp³-hybridized carbons (Fsp3) is 0.846. The van der Waals surface area contributed by atoms with Crippen molar-refractivity contribution in [3.8, 4) is 0 Å². The largest absolute Gasteiger partial charge is 0.339 e. The summed E-state index contributed by atoms with van der Waals surface area (Å²) in [4.78, 5) is 29.6. The molecule has 0 spiro atoms. The third-order valence-electron chi connectivity index (χ3n) is 3.66. The van der Waals surface area contributed by atoms with Crippen LogP contribution in [0, 0.1) is 0 Å². The van der Waals surface area contributed by atoms with Crippen molar-refractivity contribution >= 4 is 57.1 Å². The zero-order valence-corrected chi connectivity index (χ0v) is 16.8. The molecule has 1 rings (SSSR count). The van der Waals surface area contributed by atoms with E-state index < -0.39 is 0 Å². The van der Waals surface area contributed by atoms with Gasteiger partial charge in [0.25, 0.3) is 0 Å². The molecule has 122 valence electrons. The van der Waals surface area contributed by atoms with Crippen LogP contribution in [0.2, 0.25) is 0 Å². The fourth-order valence-electron chi connectivity index (χ4n) is 2.20. The van der Waals surface area contributed by atoms with Crippen molar-refractivity contribution in [2.75, 3.05) is 63.8 Å². The number of carbonyl (C=O) groups excluding carboxylic acids is 2. The quantitative estimate of drug-likeness (QED) is 0.270. The Bertz CT molecular complexity index is 336. The molecule has 1 aliphatic rings. The number of hydrogen-bond acceptors (Lipinski definition) is 5. The topological polar surface area (TPSA) is 55.9 Å². The van der Waals surface area contributed by atoms with Crippen LogP contribution >= 0.6 is 45.5 Å². The monoisotopic (exact) mass is 522 g/mol. The Morgan fingerprint density at radius 2 is 1.86 bits per heavy atom. The van der Waals surface area contributed by atoms with Crippen LogP contribution in [0.25, 0.3) is 0 Å². The molecular formula is C13H24I2N4O2. The van der Waals surface area contributed by atoms with Gasteiger partial charge in [0, 0.05) is 75.1 Å². The number of piperazine rings is 1. The third-order valence-corrected chi connectivity index (χ3v) is 4.89. The molecule has 1 heterocycles. The molecule has 0 atom stereocenters.